The number of amides is 1. The third kappa shape index (κ3) is 5.57. The monoisotopic (exact) mass is 475 g/mol. The van der Waals surface area contributed by atoms with E-state index in [0.717, 1.165) is 4.90 Å². The van der Waals surface area contributed by atoms with Crippen molar-refractivity contribution in [1.82, 2.24) is 14.5 Å². The van der Waals surface area contributed by atoms with E-state index in [1.54, 1.807) is 6.07 Å². The minimum atomic E-state index is -1.61. The number of aromatic nitrogens is 2. The molecule has 3 rings (SSSR count). The predicted octanol–water partition coefficient (Wildman–Crippen LogP) is 2.74. The van der Waals surface area contributed by atoms with Crippen molar-refractivity contribution in [3.63, 3.8) is 0 Å². The number of ketones is 1. The molecule has 0 radical (unpaired) electrons. The van der Waals surface area contributed by atoms with Crippen molar-refractivity contribution < 1.29 is 19.8 Å². The standard InChI is InChI=1S/C22H26ClN3O5Si/c1-32(2,3)8-6-14-9-18-16(11-17(14)23)21(29)25(13-24-18)12-15(27)10-19-20(28)5-4-7-26(19)22(30)31/h9,11,13,19-20,28H,4-5,7,10,12H2,1-3H3,(H,30,31). The summed E-state index contributed by atoms with van der Waals surface area (Å²) in [4.78, 5) is 42.3. The first-order valence-corrected chi connectivity index (χ1v) is 14.3. The van der Waals surface area contributed by atoms with Gasteiger partial charge in [-0.05, 0) is 25.0 Å². The van der Waals surface area contributed by atoms with Crippen LogP contribution in [-0.2, 0) is 11.3 Å². The summed E-state index contributed by atoms with van der Waals surface area (Å²) < 4.78 is 1.18. The first-order chi connectivity index (χ1) is 15.0. The highest BCUT2D eigenvalue weighted by atomic mass is 35.5. The first-order valence-electron chi connectivity index (χ1n) is 10.4. The van der Waals surface area contributed by atoms with Crippen molar-refractivity contribution in [2.45, 2.75) is 57.6 Å². The number of aliphatic hydroxyl groups is 1. The van der Waals surface area contributed by atoms with E-state index < -0.39 is 31.9 Å². The Morgan fingerprint density at radius 3 is 2.69 bits per heavy atom. The molecule has 2 atom stereocenters. The van der Waals surface area contributed by atoms with Gasteiger partial charge in [-0.1, -0.05) is 37.2 Å². The molecule has 0 saturated carbocycles. The number of carbonyl (C=O) groups excluding carboxylic acids is 1. The molecule has 2 unspecified atom stereocenters. The second-order valence-electron chi connectivity index (χ2n) is 9.02. The number of benzene rings is 1. The van der Waals surface area contributed by atoms with E-state index in [1.807, 2.05) is 0 Å². The van der Waals surface area contributed by atoms with Crippen molar-refractivity contribution >= 4 is 42.5 Å². The van der Waals surface area contributed by atoms with Crippen LogP contribution in [0.3, 0.4) is 0 Å². The van der Waals surface area contributed by atoms with Gasteiger partial charge in [0.1, 0.15) is 8.07 Å². The molecule has 0 spiro atoms. The molecule has 2 N–H and O–H groups in total. The molecule has 1 aliphatic heterocycles. The highest BCUT2D eigenvalue weighted by Gasteiger charge is 2.34. The van der Waals surface area contributed by atoms with Crippen molar-refractivity contribution in [2.24, 2.45) is 0 Å². The number of hydrogen-bond acceptors (Lipinski definition) is 5. The Morgan fingerprint density at radius 2 is 2.03 bits per heavy atom. The van der Waals surface area contributed by atoms with Crippen LogP contribution in [0.1, 0.15) is 24.8 Å². The third-order valence-electron chi connectivity index (χ3n) is 5.26. The van der Waals surface area contributed by atoms with E-state index in [-0.39, 0.29) is 30.7 Å². The minimum absolute atomic E-state index is 0.177. The average molecular weight is 476 g/mol. The van der Waals surface area contributed by atoms with Crippen LogP contribution >= 0.6 is 11.6 Å². The van der Waals surface area contributed by atoms with Gasteiger partial charge in [-0.15, -0.1) is 5.54 Å². The summed E-state index contributed by atoms with van der Waals surface area (Å²) in [6.45, 7) is 6.34. The Kier molecular flexibility index (Phi) is 7.08. The van der Waals surface area contributed by atoms with E-state index in [0.29, 0.717) is 28.9 Å². The summed E-state index contributed by atoms with van der Waals surface area (Å²) in [5.41, 5.74) is 3.84. The smallest absolute Gasteiger partial charge is 0.407 e. The number of Topliss-reactive ketones (excluding diaryl/α,β-unsaturated/α-hetero) is 1. The molecule has 1 aromatic carbocycles. The van der Waals surface area contributed by atoms with Crippen LogP contribution in [0.25, 0.3) is 10.9 Å². The minimum Gasteiger partial charge on any atom is -0.465 e. The van der Waals surface area contributed by atoms with Gasteiger partial charge in [-0.3, -0.25) is 14.2 Å². The van der Waals surface area contributed by atoms with Gasteiger partial charge in [-0.25, -0.2) is 9.78 Å². The van der Waals surface area contributed by atoms with E-state index >= 15 is 0 Å². The largest absolute Gasteiger partial charge is 0.465 e. The molecule has 2 heterocycles. The van der Waals surface area contributed by atoms with Gasteiger partial charge in [0.25, 0.3) is 5.56 Å². The van der Waals surface area contributed by atoms with Crippen LogP contribution in [0.15, 0.2) is 23.3 Å². The molecular weight excluding hydrogens is 450 g/mol. The molecule has 10 heteroatoms. The third-order valence-corrected chi connectivity index (χ3v) is 6.45. The van der Waals surface area contributed by atoms with Crippen molar-refractivity contribution in [2.75, 3.05) is 6.54 Å². The van der Waals surface area contributed by atoms with Gasteiger partial charge in [0.2, 0.25) is 0 Å². The van der Waals surface area contributed by atoms with Gasteiger partial charge < -0.3 is 15.1 Å². The summed E-state index contributed by atoms with van der Waals surface area (Å²) in [6.07, 6.45) is -0.00111. The Bertz CT molecular complexity index is 1180. The van der Waals surface area contributed by atoms with Crippen LogP contribution < -0.4 is 5.56 Å². The second-order valence-corrected chi connectivity index (χ2v) is 14.2. The molecule has 2 aromatic rings. The molecule has 1 amide bonds. The number of aliphatic hydroxyl groups excluding tert-OH is 1. The quantitative estimate of drug-likeness (QED) is 0.519. The van der Waals surface area contributed by atoms with Gasteiger partial charge in [0.15, 0.2) is 5.78 Å². The van der Waals surface area contributed by atoms with Crippen molar-refractivity contribution in [3.8, 4) is 11.5 Å². The first kappa shape index (κ1) is 24.0. The number of piperidine rings is 1. The lowest BCUT2D eigenvalue weighted by atomic mass is 9.95. The fraction of sp³-hybridized carbons (Fsp3) is 0.455. The molecule has 1 aliphatic rings. The number of halogens is 1. The number of fused-ring (bicyclic) bond motifs is 1. The van der Waals surface area contributed by atoms with Crippen LogP contribution in [0.4, 0.5) is 4.79 Å². The SMILES string of the molecule is C[Si](C)(C)C#Cc1cc2ncn(CC(=O)CC3C(O)CCCN3C(=O)O)c(=O)c2cc1Cl. The zero-order valence-corrected chi connectivity index (χ0v) is 20.0. The van der Waals surface area contributed by atoms with Crippen LogP contribution in [-0.4, -0.2) is 63.3 Å². The van der Waals surface area contributed by atoms with Gasteiger partial charge in [0, 0.05) is 18.5 Å². The lowest BCUT2D eigenvalue weighted by Crippen LogP contribution is -2.51. The van der Waals surface area contributed by atoms with E-state index in [9.17, 15) is 24.6 Å². The van der Waals surface area contributed by atoms with Crippen LogP contribution in [0.5, 0.6) is 0 Å². The number of likely N-dealkylation sites (tertiary alicyclic amines) is 1. The normalized spacial score (nSPS) is 18.8. The number of nitrogens with zero attached hydrogens (tertiary/aromatic N) is 3. The van der Waals surface area contributed by atoms with Gasteiger partial charge in [0.05, 0.1) is 40.9 Å². The summed E-state index contributed by atoms with van der Waals surface area (Å²) in [5, 5.41) is 20.1. The summed E-state index contributed by atoms with van der Waals surface area (Å²) in [5.74, 6) is 2.71. The Morgan fingerprint density at radius 1 is 1.31 bits per heavy atom. The Balaban J connectivity index is 1.84. The lowest BCUT2D eigenvalue weighted by Gasteiger charge is -2.36. The molecular formula is C22H26ClN3O5Si. The van der Waals surface area contributed by atoms with Crippen molar-refractivity contribution in [1.29, 1.82) is 0 Å². The van der Waals surface area contributed by atoms with E-state index in [1.165, 1.54) is 17.0 Å². The molecule has 0 bridgehead atoms. The zero-order valence-electron chi connectivity index (χ0n) is 18.3. The number of carbonyl (C=O) groups is 2. The summed E-state index contributed by atoms with van der Waals surface area (Å²) in [7, 11) is -1.61. The summed E-state index contributed by atoms with van der Waals surface area (Å²) in [6, 6.07) is 2.36. The number of rotatable bonds is 4. The maximum absolute atomic E-state index is 12.9. The molecule has 32 heavy (non-hydrogen) atoms. The Labute approximate surface area is 191 Å². The highest BCUT2D eigenvalue weighted by molar-refractivity contribution is 6.83. The summed E-state index contributed by atoms with van der Waals surface area (Å²) >= 11 is 6.33. The maximum Gasteiger partial charge on any atom is 0.407 e. The van der Waals surface area contributed by atoms with Crippen LogP contribution in [0, 0.1) is 11.5 Å². The van der Waals surface area contributed by atoms with Gasteiger partial charge >= 0.3 is 6.09 Å². The van der Waals surface area contributed by atoms with Gasteiger partial charge in [-0.2, -0.15) is 0 Å². The predicted molar refractivity (Wildman–Crippen MR) is 125 cm³/mol. The van der Waals surface area contributed by atoms with E-state index in [4.69, 9.17) is 11.6 Å². The van der Waals surface area contributed by atoms with E-state index in [2.05, 4.69) is 36.1 Å². The molecule has 0 aliphatic carbocycles. The molecule has 1 fully saturated rings. The maximum atomic E-state index is 12.9. The van der Waals surface area contributed by atoms with Crippen molar-refractivity contribution in [3.05, 3.63) is 39.4 Å². The zero-order chi connectivity index (χ0) is 23.6. The number of hydrogen-bond donors (Lipinski definition) is 2. The average Bonchev–Trinajstić information content (AvgIpc) is 2.70. The number of carboxylic acid groups (broad SMARTS) is 1. The Hall–Kier alpha value is -2.67. The molecule has 170 valence electrons. The highest BCUT2D eigenvalue weighted by Crippen LogP contribution is 2.22. The lowest BCUT2D eigenvalue weighted by molar-refractivity contribution is -0.122. The fourth-order valence-electron chi connectivity index (χ4n) is 3.65. The topological polar surface area (TPSA) is 113 Å². The molecule has 1 saturated heterocycles. The second kappa shape index (κ2) is 9.44. The molecule has 1 aromatic heterocycles. The molecule has 8 nitrogen and oxygen atoms in total. The fourth-order valence-corrected chi connectivity index (χ4v) is 4.37. The van der Waals surface area contributed by atoms with Crippen LogP contribution in [0.2, 0.25) is 24.7 Å².